The molecule has 5 nitrogen and oxygen atoms in total. The summed E-state index contributed by atoms with van der Waals surface area (Å²) in [6.07, 6.45) is -0.982. The number of benzene rings is 1. The van der Waals surface area contributed by atoms with Gasteiger partial charge >= 0.3 is 5.97 Å². The SMILES string of the molecule is O=C(O)C1CN(C(=O)c2ccc(-c3ccc(F)cc3)s2)CCO1. The summed E-state index contributed by atoms with van der Waals surface area (Å²) >= 11 is 1.30. The predicted octanol–water partition coefficient (Wildman–Crippen LogP) is 2.48. The molecular formula is C16H14FNO4S. The number of aliphatic carboxylic acids is 1. The molecule has 120 valence electrons. The van der Waals surface area contributed by atoms with Gasteiger partial charge in [0, 0.05) is 11.4 Å². The maximum Gasteiger partial charge on any atom is 0.334 e. The zero-order valence-corrected chi connectivity index (χ0v) is 12.9. The second kappa shape index (κ2) is 6.47. The molecule has 1 saturated heterocycles. The van der Waals surface area contributed by atoms with Gasteiger partial charge in [0.25, 0.3) is 5.91 Å². The van der Waals surface area contributed by atoms with Gasteiger partial charge in [0.05, 0.1) is 18.0 Å². The molecule has 0 saturated carbocycles. The highest BCUT2D eigenvalue weighted by atomic mass is 32.1. The molecule has 1 N–H and O–H groups in total. The van der Waals surface area contributed by atoms with Crippen molar-refractivity contribution in [1.82, 2.24) is 4.90 Å². The summed E-state index contributed by atoms with van der Waals surface area (Å²) in [6, 6.07) is 9.57. The molecule has 23 heavy (non-hydrogen) atoms. The van der Waals surface area contributed by atoms with E-state index in [1.54, 1.807) is 24.3 Å². The van der Waals surface area contributed by atoms with Gasteiger partial charge in [0.2, 0.25) is 0 Å². The summed E-state index contributed by atoms with van der Waals surface area (Å²) in [4.78, 5) is 26.3. The van der Waals surface area contributed by atoms with Gasteiger partial charge in [-0.1, -0.05) is 12.1 Å². The third-order valence-corrected chi connectivity index (χ3v) is 4.70. The third kappa shape index (κ3) is 3.40. The minimum atomic E-state index is -1.07. The molecule has 1 fully saturated rings. The van der Waals surface area contributed by atoms with Crippen LogP contribution in [-0.4, -0.2) is 47.7 Å². The van der Waals surface area contributed by atoms with Crippen LogP contribution in [0, 0.1) is 5.82 Å². The Balaban J connectivity index is 1.75. The van der Waals surface area contributed by atoms with Crippen molar-refractivity contribution in [2.75, 3.05) is 19.7 Å². The molecule has 0 aliphatic carbocycles. The largest absolute Gasteiger partial charge is 0.479 e. The molecule has 1 aliphatic heterocycles. The Labute approximate surface area is 135 Å². The number of nitrogens with zero attached hydrogens (tertiary/aromatic N) is 1. The summed E-state index contributed by atoms with van der Waals surface area (Å²) in [7, 11) is 0. The molecule has 1 aromatic heterocycles. The lowest BCUT2D eigenvalue weighted by molar-refractivity contribution is -0.154. The van der Waals surface area contributed by atoms with Gasteiger partial charge in [0.1, 0.15) is 5.82 Å². The van der Waals surface area contributed by atoms with E-state index in [1.807, 2.05) is 0 Å². The van der Waals surface area contributed by atoms with Crippen LogP contribution in [0.1, 0.15) is 9.67 Å². The number of hydrogen-bond donors (Lipinski definition) is 1. The number of morpholine rings is 1. The topological polar surface area (TPSA) is 66.8 Å². The molecule has 2 heterocycles. The molecule has 1 amide bonds. The Bertz CT molecular complexity index is 728. The van der Waals surface area contributed by atoms with Gasteiger partial charge in [0.15, 0.2) is 6.10 Å². The van der Waals surface area contributed by atoms with Crippen LogP contribution in [0.5, 0.6) is 0 Å². The van der Waals surface area contributed by atoms with Crippen LogP contribution in [0.4, 0.5) is 4.39 Å². The van der Waals surface area contributed by atoms with Crippen molar-refractivity contribution in [1.29, 1.82) is 0 Å². The fourth-order valence-corrected chi connectivity index (χ4v) is 3.34. The molecule has 0 radical (unpaired) electrons. The normalized spacial score (nSPS) is 18.0. The first kappa shape index (κ1) is 15.6. The molecule has 3 rings (SSSR count). The van der Waals surface area contributed by atoms with Crippen LogP contribution in [0.2, 0.25) is 0 Å². The number of halogens is 1. The van der Waals surface area contributed by atoms with E-state index in [0.29, 0.717) is 11.4 Å². The Kier molecular flexibility index (Phi) is 4.40. The molecule has 1 aliphatic rings. The molecule has 1 atom stereocenters. The monoisotopic (exact) mass is 335 g/mol. The number of hydrogen-bond acceptors (Lipinski definition) is 4. The van der Waals surface area contributed by atoms with E-state index in [1.165, 1.54) is 28.4 Å². The summed E-state index contributed by atoms with van der Waals surface area (Å²) in [6.45, 7) is 0.614. The van der Waals surface area contributed by atoms with Crippen molar-refractivity contribution in [2.45, 2.75) is 6.10 Å². The van der Waals surface area contributed by atoms with E-state index in [4.69, 9.17) is 9.84 Å². The van der Waals surface area contributed by atoms with Crippen molar-refractivity contribution in [2.24, 2.45) is 0 Å². The Morgan fingerprint density at radius 3 is 2.65 bits per heavy atom. The van der Waals surface area contributed by atoms with Crippen LogP contribution < -0.4 is 0 Å². The van der Waals surface area contributed by atoms with Crippen molar-refractivity contribution in [3.05, 3.63) is 47.1 Å². The minimum absolute atomic E-state index is 0.0396. The number of carbonyl (C=O) groups is 2. The van der Waals surface area contributed by atoms with Gasteiger partial charge < -0.3 is 14.7 Å². The molecular weight excluding hydrogens is 321 g/mol. The van der Waals surface area contributed by atoms with Crippen molar-refractivity contribution < 1.29 is 23.8 Å². The van der Waals surface area contributed by atoms with Crippen LogP contribution in [0.3, 0.4) is 0 Å². The highest BCUT2D eigenvalue weighted by Crippen LogP contribution is 2.29. The summed E-state index contributed by atoms with van der Waals surface area (Å²) in [5, 5.41) is 8.99. The first-order chi connectivity index (χ1) is 11.0. The van der Waals surface area contributed by atoms with Crippen LogP contribution in [-0.2, 0) is 9.53 Å². The van der Waals surface area contributed by atoms with Crippen LogP contribution in [0.15, 0.2) is 36.4 Å². The van der Waals surface area contributed by atoms with E-state index >= 15 is 0 Å². The molecule has 1 aromatic carbocycles. The van der Waals surface area contributed by atoms with Crippen molar-refractivity contribution in [3.8, 4) is 10.4 Å². The zero-order valence-electron chi connectivity index (χ0n) is 12.1. The van der Waals surface area contributed by atoms with Gasteiger partial charge in [-0.3, -0.25) is 4.79 Å². The fraction of sp³-hybridized carbons (Fsp3) is 0.250. The van der Waals surface area contributed by atoms with Gasteiger partial charge in [-0.2, -0.15) is 0 Å². The third-order valence-electron chi connectivity index (χ3n) is 3.57. The van der Waals surface area contributed by atoms with E-state index < -0.39 is 12.1 Å². The smallest absolute Gasteiger partial charge is 0.334 e. The van der Waals surface area contributed by atoms with E-state index in [2.05, 4.69) is 0 Å². The first-order valence-corrected chi connectivity index (χ1v) is 7.85. The number of carbonyl (C=O) groups excluding carboxylic acids is 1. The minimum Gasteiger partial charge on any atom is -0.479 e. The number of carboxylic acids is 1. The lowest BCUT2D eigenvalue weighted by Gasteiger charge is -2.30. The number of ether oxygens (including phenoxy) is 1. The summed E-state index contributed by atoms with van der Waals surface area (Å²) in [5.41, 5.74) is 0.834. The zero-order chi connectivity index (χ0) is 16.4. The quantitative estimate of drug-likeness (QED) is 0.936. The molecule has 2 aromatic rings. The lowest BCUT2D eigenvalue weighted by Crippen LogP contribution is -2.48. The summed E-state index contributed by atoms with van der Waals surface area (Å²) in [5.74, 6) is -1.59. The number of carboxylic acid groups (broad SMARTS) is 1. The molecule has 0 spiro atoms. The van der Waals surface area contributed by atoms with E-state index in [-0.39, 0.29) is 24.9 Å². The lowest BCUT2D eigenvalue weighted by atomic mass is 10.2. The highest BCUT2D eigenvalue weighted by molar-refractivity contribution is 7.17. The second-order valence-electron chi connectivity index (χ2n) is 5.12. The summed E-state index contributed by atoms with van der Waals surface area (Å²) < 4.78 is 18.1. The number of rotatable bonds is 3. The second-order valence-corrected chi connectivity index (χ2v) is 6.20. The molecule has 7 heteroatoms. The standard InChI is InChI=1S/C16H14FNO4S/c17-11-3-1-10(2-4-11)13-5-6-14(23-13)15(19)18-7-8-22-12(9-18)16(20)21/h1-6,12H,7-9H2,(H,20,21). The van der Waals surface area contributed by atoms with Crippen molar-refractivity contribution >= 4 is 23.2 Å². The van der Waals surface area contributed by atoms with E-state index in [9.17, 15) is 14.0 Å². The maximum atomic E-state index is 13.0. The van der Waals surface area contributed by atoms with Crippen LogP contribution in [0.25, 0.3) is 10.4 Å². The molecule has 1 unspecified atom stereocenters. The van der Waals surface area contributed by atoms with Gasteiger partial charge in [-0.15, -0.1) is 11.3 Å². The average molecular weight is 335 g/mol. The number of thiophene rings is 1. The molecule has 0 bridgehead atoms. The van der Waals surface area contributed by atoms with Gasteiger partial charge in [-0.05, 0) is 29.8 Å². The Morgan fingerprint density at radius 1 is 1.22 bits per heavy atom. The first-order valence-electron chi connectivity index (χ1n) is 7.04. The van der Waals surface area contributed by atoms with E-state index in [0.717, 1.165) is 10.4 Å². The fourth-order valence-electron chi connectivity index (χ4n) is 2.36. The number of amides is 1. The predicted molar refractivity (Wildman–Crippen MR) is 83.0 cm³/mol. The van der Waals surface area contributed by atoms with Crippen molar-refractivity contribution in [3.63, 3.8) is 0 Å². The Morgan fingerprint density at radius 2 is 1.96 bits per heavy atom. The average Bonchev–Trinajstić information content (AvgIpc) is 3.05. The van der Waals surface area contributed by atoms with Crippen LogP contribution >= 0.6 is 11.3 Å². The Hall–Kier alpha value is -2.25. The maximum absolute atomic E-state index is 13.0. The highest BCUT2D eigenvalue weighted by Gasteiger charge is 2.30. The van der Waals surface area contributed by atoms with Gasteiger partial charge in [-0.25, -0.2) is 9.18 Å².